The molecule has 0 spiro atoms. The van der Waals surface area contributed by atoms with Crippen molar-refractivity contribution >= 4 is 33.2 Å². The van der Waals surface area contributed by atoms with E-state index in [0.717, 1.165) is 23.1 Å². The first kappa shape index (κ1) is 14.0. The number of halogens is 1. The van der Waals surface area contributed by atoms with Gasteiger partial charge in [0.15, 0.2) is 0 Å². The Kier molecular flexibility index (Phi) is 3.63. The number of nitrogens with one attached hydrogen (secondary N) is 1. The molecule has 0 unspecified atom stereocenters. The molecule has 1 aromatic heterocycles. The summed E-state index contributed by atoms with van der Waals surface area (Å²) in [6.45, 7) is 0. The summed E-state index contributed by atoms with van der Waals surface area (Å²) in [5.41, 5.74) is 7.73. The SMILES string of the molecule is COc1ccc(NC(=O)c2cc(N)cn2C2CC2)cc1Br. The number of aromatic nitrogens is 1. The fraction of sp³-hybridized carbons (Fsp3) is 0.267. The smallest absolute Gasteiger partial charge is 0.272 e. The zero-order valence-corrected chi connectivity index (χ0v) is 13.2. The minimum Gasteiger partial charge on any atom is -0.496 e. The number of nitrogen functional groups attached to an aromatic ring is 1. The van der Waals surface area contributed by atoms with Crippen LogP contribution in [0.25, 0.3) is 0 Å². The molecule has 3 rings (SSSR count). The van der Waals surface area contributed by atoms with E-state index in [1.807, 2.05) is 16.8 Å². The van der Waals surface area contributed by atoms with Crippen LogP contribution >= 0.6 is 15.9 Å². The van der Waals surface area contributed by atoms with Gasteiger partial charge in [-0.2, -0.15) is 0 Å². The van der Waals surface area contributed by atoms with Crippen LogP contribution in [0.2, 0.25) is 0 Å². The van der Waals surface area contributed by atoms with Crippen molar-refractivity contribution in [3.05, 3.63) is 40.6 Å². The molecule has 1 aliphatic rings. The van der Waals surface area contributed by atoms with Crippen molar-refractivity contribution in [2.75, 3.05) is 18.2 Å². The molecular weight excluding hydrogens is 334 g/mol. The first-order valence-corrected chi connectivity index (χ1v) is 7.50. The van der Waals surface area contributed by atoms with Gasteiger partial charge in [0.2, 0.25) is 0 Å². The van der Waals surface area contributed by atoms with Crippen molar-refractivity contribution in [2.45, 2.75) is 18.9 Å². The number of carbonyl (C=O) groups excluding carboxylic acids is 1. The number of rotatable bonds is 4. The zero-order chi connectivity index (χ0) is 15.0. The standard InChI is InChI=1S/C15H16BrN3O2/c1-21-14-5-2-10(7-12(14)16)18-15(20)13-6-9(17)8-19(13)11-3-4-11/h2,5-8,11H,3-4,17H2,1H3,(H,18,20). The van der Waals surface area contributed by atoms with Gasteiger partial charge in [-0.25, -0.2) is 0 Å². The van der Waals surface area contributed by atoms with Gasteiger partial charge in [0, 0.05) is 17.9 Å². The minimum absolute atomic E-state index is 0.157. The van der Waals surface area contributed by atoms with Gasteiger partial charge in [0.1, 0.15) is 11.4 Å². The highest BCUT2D eigenvalue weighted by Gasteiger charge is 2.27. The molecule has 1 aliphatic carbocycles. The Morgan fingerprint density at radius 3 is 2.81 bits per heavy atom. The number of anilines is 2. The molecular formula is C15H16BrN3O2. The maximum Gasteiger partial charge on any atom is 0.272 e. The maximum atomic E-state index is 12.4. The first-order valence-electron chi connectivity index (χ1n) is 6.70. The topological polar surface area (TPSA) is 69.3 Å². The van der Waals surface area contributed by atoms with Gasteiger partial charge in [-0.15, -0.1) is 0 Å². The van der Waals surface area contributed by atoms with Crippen molar-refractivity contribution in [1.29, 1.82) is 0 Å². The second-order valence-electron chi connectivity index (χ2n) is 5.10. The Morgan fingerprint density at radius 1 is 1.43 bits per heavy atom. The molecule has 1 amide bonds. The summed E-state index contributed by atoms with van der Waals surface area (Å²) in [4.78, 5) is 12.4. The number of nitrogens with two attached hydrogens (primary N) is 1. The summed E-state index contributed by atoms with van der Waals surface area (Å²) in [7, 11) is 1.60. The van der Waals surface area contributed by atoms with Gasteiger partial charge < -0.3 is 20.4 Å². The molecule has 0 radical (unpaired) electrons. The van der Waals surface area contributed by atoms with Crippen LogP contribution < -0.4 is 15.8 Å². The average Bonchev–Trinajstić information content (AvgIpc) is 3.21. The molecule has 110 valence electrons. The van der Waals surface area contributed by atoms with Crippen LogP contribution in [0.5, 0.6) is 5.75 Å². The number of nitrogens with zero attached hydrogens (tertiary/aromatic N) is 1. The minimum atomic E-state index is -0.157. The van der Waals surface area contributed by atoms with Crippen LogP contribution in [0, 0.1) is 0 Å². The summed E-state index contributed by atoms with van der Waals surface area (Å²) in [5, 5.41) is 2.89. The van der Waals surface area contributed by atoms with E-state index in [-0.39, 0.29) is 5.91 Å². The van der Waals surface area contributed by atoms with E-state index in [4.69, 9.17) is 10.5 Å². The lowest BCUT2D eigenvalue weighted by molar-refractivity contribution is 0.101. The van der Waals surface area contributed by atoms with Gasteiger partial charge >= 0.3 is 0 Å². The highest BCUT2D eigenvalue weighted by molar-refractivity contribution is 9.10. The van der Waals surface area contributed by atoms with Gasteiger partial charge in [-0.1, -0.05) is 0 Å². The number of hydrogen-bond donors (Lipinski definition) is 2. The predicted octanol–water partition coefficient (Wildman–Crippen LogP) is 3.43. The third-order valence-electron chi connectivity index (χ3n) is 3.45. The van der Waals surface area contributed by atoms with E-state index in [1.165, 1.54) is 0 Å². The highest BCUT2D eigenvalue weighted by Crippen LogP contribution is 2.37. The highest BCUT2D eigenvalue weighted by atomic mass is 79.9. The number of carbonyl (C=O) groups is 1. The molecule has 3 N–H and O–H groups in total. The number of ether oxygens (including phenoxy) is 1. The van der Waals surface area contributed by atoms with Crippen LogP contribution in [-0.2, 0) is 0 Å². The van der Waals surface area contributed by atoms with E-state index in [0.29, 0.717) is 23.1 Å². The Morgan fingerprint density at radius 2 is 2.19 bits per heavy atom. The Hall–Kier alpha value is -1.95. The average molecular weight is 350 g/mol. The Labute approximate surface area is 131 Å². The normalized spacial score (nSPS) is 14.0. The number of amides is 1. The van der Waals surface area contributed by atoms with Gasteiger partial charge in [-0.05, 0) is 53.0 Å². The van der Waals surface area contributed by atoms with Crippen molar-refractivity contribution in [3.63, 3.8) is 0 Å². The lowest BCUT2D eigenvalue weighted by atomic mass is 10.3. The van der Waals surface area contributed by atoms with E-state index in [1.54, 1.807) is 25.3 Å². The number of hydrogen-bond acceptors (Lipinski definition) is 3. The van der Waals surface area contributed by atoms with E-state index < -0.39 is 0 Å². The number of methoxy groups -OCH3 is 1. The summed E-state index contributed by atoms with van der Waals surface area (Å²) in [5.74, 6) is 0.564. The van der Waals surface area contributed by atoms with Crippen LogP contribution in [0.1, 0.15) is 29.4 Å². The predicted molar refractivity (Wildman–Crippen MR) is 85.8 cm³/mol. The molecule has 1 saturated carbocycles. The van der Waals surface area contributed by atoms with Gasteiger partial charge in [0.05, 0.1) is 17.3 Å². The van der Waals surface area contributed by atoms with Crippen molar-refractivity contribution in [2.24, 2.45) is 0 Å². The van der Waals surface area contributed by atoms with Crippen molar-refractivity contribution in [3.8, 4) is 5.75 Å². The van der Waals surface area contributed by atoms with E-state index in [2.05, 4.69) is 21.2 Å². The monoisotopic (exact) mass is 349 g/mol. The second-order valence-corrected chi connectivity index (χ2v) is 5.95. The summed E-state index contributed by atoms with van der Waals surface area (Å²) >= 11 is 3.40. The van der Waals surface area contributed by atoms with E-state index >= 15 is 0 Å². The first-order chi connectivity index (χ1) is 10.1. The van der Waals surface area contributed by atoms with Crippen LogP contribution in [0.3, 0.4) is 0 Å². The van der Waals surface area contributed by atoms with E-state index in [9.17, 15) is 4.79 Å². The van der Waals surface area contributed by atoms with Gasteiger partial charge in [-0.3, -0.25) is 4.79 Å². The molecule has 1 aromatic carbocycles. The van der Waals surface area contributed by atoms with Crippen molar-refractivity contribution < 1.29 is 9.53 Å². The van der Waals surface area contributed by atoms with Crippen LogP contribution in [-0.4, -0.2) is 17.6 Å². The molecule has 0 saturated heterocycles. The quantitative estimate of drug-likeness (QED) is 0.888. The Balaban J connectivity index is 1.81. The van der Waals surface area contributed by atoms with Crippen molar-refractivity contribution in [1.82, 2.24) is 4.57 Å². The number of benzene rings is 1. The van der Waals surface area contributed by atoms with Crippen LogP contribution in [0.15, 0.2) is 34.9 Å². The van der Waals surface area contributed by atoms with Gasteiger partial charge in [0.25, 0.3) is 5.91 Å². The molecule has 1 heterocycles. The summed E-state index contributed by atoms with van der Waals surface area (Å²) < 4.78 is 7.92. The Bertz CT molecular complexity index is 692. The fourth-order valence-corrected chi connectivity index (χ4v) is 2.82. The second kappa shape index (κ2) is 5.44. The molecule has 0 atom stereocenters. The maximum absolute atomic E-state index is 12.4. The fourth-order valence-electron chi connectivity index (χ4n) is 2.28. The molecule has 5 nitrogen and oxygen atoms in total. The largest absolute Gasteiger partial charge is 0.496 e. The van der Waals surface area contributed by atoms with Crippen LogP contribution in [0.4, 0.5) is 11.4 Å². The summed E-state index contributed by atoms with van der Waals surface area (Å²) in [6.07, 6.45) is 4.03. The molecule has 6 heteroatoms. The molecule has 1 fully saturated rings. The molecule has 2 aromatic rings. The molecule has 0 bridgehead atoms. The lowest BCUT2D eigenvalue weighted by Crippen LogP contribution is -2.16. The third kappa shape index (κ3) is 2.90. The molecule has 0 aliphatic heterocycles. The lowest BCUT2D eigenvalue weighted by Gasteiger charge is -2.10. The third-order valence-corrected chi connectivity index (χ3v) is 4.07. The molecule has 21 heavy (non-hydrogen) atoms. The summed E-state index contributed by atoms with van der Waals surface area (Å²) in [6, 6.07) is 7.53. The zero-order valence-electron chi connectivity index (χ0n) is 11.6.